The average molecular weight is 270 g/mol. The lowest BCUT2D eigenvalue weighted by Crippen LogP contribution is -2.22. The van der Waals surface area contributed by atoms with Crippen molar-refractivity contribution in [3.05, 3.63) is 53.7 Å². The van der Waals surface area contributed by atoms with Crippen molar-refractivity contribution in [2.45, 2.75) is 6.42 Å². The second-order valence-corrected chi connectivity index (χ2v) is 4.27. The van der Waals surface area contributed by atoms with Crippen LogP contribution in [0.15, 0.2) is 47.5 Å². The lowest BCUT2D eigenvalue weighted by Gasteiger charge is -2.07. The van der Waals surface area contributed by atoms with E-state index in [1.54, 1.807) is 14.2 Å². The molecule has 0 atom stereocenters. The van der Waals surface area contributed by atoms with Crippen molar-refractivity contribution in [3.8, 4) is 5.75 Å². The van der Waals surface area contributed by atoms with Crippen LogP contribution in [0.4, 0.5) is 5.82 Å². The summed E-state index contributed by atoms with van der Waals surface area (Å²) in [5.74, 6) is 1.89. The summed E-state index contributed by atoms with van der Waals surface area (Å²) in [6.07, 6.45) is 0.753. The van der Waals surface area contributed by atoms with Gasteiger partial charge in [0.25, 0.3) is 0 Å². The Balaban J connectivity index is 2.10. The van der Waals surface area contributed by atoms with Gasteiger partial charge in [-0.3, -0.25) is 4.99 Å². The number of nitrogens with two attached hydrogens (primary N) is 1. The Morgan fingerprint density at radius 3 is 2.65 bits per heavy atom. The molecule has 104 valence electrons. The number of aromatic nitrogens is 1. The SMILES string of the molecule is CN=C(N)Nc1cccc(Cc2ccc(OC)cc2)n1. The van der Waals surface area contributed by atoms with Gasteiger partial charge in [0.1, 0.15) is 11.6 Å². The van der Waals surface area contributed by atoms with Crippen molar-refractivity contribution < 1.29 is 4.74 Å². The molecule has 0 saturated heterocycles. The van der Waals surface area contributed by atoms with Crippen molar-refractivity contribution in [1.29, 1.82) is 0 Å². The van der Waals surface area contributed by atoms with Gasteiger partial charge in [0, 0.05) is 19.2 Å². The first-order valence-corrected chi connectivity index (χ1v) is 6.29. The number of guanidine groups is 1. The standard InChI is InChI=1S/C15H18N4O/c1-17-15(16)19-14-5-3-4-12(18-14)10-11-6-8-13(20-2)9-7-11/h3-9H,10H2,1-2H3,(H3,16,17,18,19). The molecule has 0 bridgehead atoms. The summed E-state index contributed by atoms with van der Waals surface area (Å²) >= 11 is 0. The van der Waals surface area contributed by atoms with E-state index in [0.717, 1.165) is 17.9 Å². The third-order valence-corrected chi connectivity index (χ3v) is 2.85. The summed E-state index contributed by atoms with van der Waals surface area (Å²) in [7, 11) is 3.29. The molecule has 0 amide bonds. The van der Waals surface area contributed by atoms with Crippen LogP contribution >= 0.6 is 0 Å². The monoisotopic (exact) mass is 270 g/mol. The van der Waals surface area contributed by atoms with Crippen LogP contribution in [0.5, 0.6) is 5.75 Å². The molecule has 1 aromatic carbocycles. The van der Waals surface area contributed by atoms with Crippen LogP contribution in [0.2, 0.25) is 0 Å². The third-order valence-electron chi connectivity index (χ3n) is 2.85. The molecule has 0 saturated carbocycles. The first-order valence-electron chi connectivity index (χ1n) is 6.29. The van der Waals surface area contributed by atoms with Crippen LogP contribution in [0.1, 0.15) is 11.3 Å². The number of benzene rings is 1. The molecule has 5 nitrogen and oxygen atoms in total. The zero-order valence-electron chi connectivity index (χ0n) is 11.6. The number of anilines is 1. The van der Waals surface area contributed by atoms with E-state index < -0.39 is 0 Å². The van der Waals surface area contributed by atoms with E-state index in [9.17, 15) is 0 Å². The van der Waals surface area contributed by atoms with Crippen LogP contribution in [0.25, 0.3) is 0 Å². The highest BCUT2D eigenvalue weighted by Crippen LogP contribution is 2.15. The maximum Gasteiger partial charge on any atom is 0.194 e. The first kappa shape index (κ1) is 13.9. The molecule has 0 unspecified atom stereocenters. The summed E-state index contributed by atoms with van der Waals surface area (Å²) < 4.78 is 5.14. The fraction of sp³-hybridized carbons (Fsp3) is 0.200. The minimum absolute atomic E-state index is 0.346. The van der Waals surface area contributed by atoms with E-state index >= 15 is 0 Å². The Labute approximate surface area is 118 Å². The molecule has 0 radical (unpaired) electrons. The number of pyridine rings is 1. The van der Waals surface area contributed by atoms with Gasteiger partial charge in [-0.2, -0.15) is 0 Å². The fourth-order valence-corrected chi connectivity index (χ4v) is 1.79. The highest BCUT2D eigenvalue weighted by Gasteiger charge is 2.01. The molecule has 20 heavy (non-hydrogen) atoms. The van der Waals surface area contributed by atoms with E-state index in [-0.39, 0.29) is 0 Å². The summed E-state index contributed by atoms with van der Waals surface area (Å²) in [5.41, 5.74) is 7.76. The van der Waals surface area contributed by atoms with Crippen molar-refractivity contribution in [1.82, 2.24) is 4.98 Å². The van der Waals surface area contributed by atoms with E-state index in [1.165, 1.54) is 5.56 Å². The number of nitrogens with zero attached hydrogens (tertiary/aromatic N) is 2. The Bertz CT molecular complexity index is 593. The van der Waals surface area contributed by atoms with Gasteiger partial charge in [-0.15, -0.1) is 0 Å². The summed E-state index contributed by atoms with van der Waals surface area (Å²) in [6.45, 7) is 0. The zero-order valence-corrected chi connectivity index (χ0v) is 11.6. The van der Waals surface area contributed by atoms with Gasteiger partial charge in [0.15, 0.2) is 5.96 Å². The first-order chi connectivity index (χ1) is 9.71. The topological polar surface area (TPSA) is 72.5 Å². The van der Waals surface area contributed by atoms with Crippen molar-refractivity contribution >= 4 is 11.8 Å². The molecule has 0 aliphatic rings. The van der Waals surface area contributed by atoms with E-state index in [1.807, 2.05) is 42.5 Å². The molecule has 0 spiro atoms. The second-order valence-electron chi connectivity index (χ2n) is 4.27. The molecular formula is C15H18N4O. The maximum atomic E-state index is 5.62. The van der Waals surface area contributed by atoms with Crippen LogP contribution in [-0.2, 0) is 6.42 Å². The highest BCUT2D eigenvalue weighted by molar-refractivity contribution is 5.91. The summed E-state index contributed by atoms with van der Waals surface area (Å²) in [6, 6.07) is 13.7. The van der Waals surface area contributed by atoms with Crippen molar-refractivity contribution in [2.24, 2.45) is 10.7 Å². The van der Waals surface area contributed by atoms with Gasteiger partial charge in [-0.1, -0.05) is 18.2 Å². The van der Waals surface area contributed by atoms with Gasteiger partial charge in [0.2, 0.25) is 0 Å². The Kier molecular flexibility index (Phi) is 4.55. The fourth-order valence-electron chi connectivity index (χ4n) is 1.79. The number of hydrogen-bond donors (Lipinski definition) is 2. The van der Waals surface area contributed by atoms with E-state index in [0.29, 0.717) is 11.8 Å². The predicted octanol–water partition coefficient (Wildman–Crippen LogP) is 2.04. The quantitative estimate of drug-likeness (QED) is 0.658. The van der Waals surface area contributed by atoms with Crippen molar-refractivity contribution in [3.63, 3.8) is 0 Å². The molecule has 0 fully saturated rings. The maximum absolute atomic E-state index is 5.62. The number of nitrogens with one attached hydrogen (secondary N) is 1. The van der Waals surface area contributed by atoms with Crippen LogP contribution in [-0.4, -0.2) is 25.1 Å². The number of aliphatic imine (C=N–C) groups is 1. The van der Waals surface area contributed by atoms with E-state index in [2.05, 4.69) is 15.3 Å². The van der Waals surface area contributed by atoms with Gasteiger partial charge in [-0.25, -0.2) is 4.98 Å². The van der Waals surface area contributed by atoms with Gasteiger partial charge in [-0.05, 0) is 29.8 Å². The Hall–Kier alpha value is -2.56. The third kappa shape index (κ3) is 3.71. The lowest BCUT2D eigenvalue weighted by atomic mass is 10.1. The van der Waals surface area contributed by atoms with Crippen LogP contribution < -0.4 is 15.8 Å². The van der Waals surface area contributed by atoms with Crippen molar-refractivity contribution in [2.75, 3.05) is 19.5 Å². The largest absolute Gasteiger partial charge is 0.497 e. The smallest absolute Gasteiger partial charge is 0.194 e. The molecule has 2 rings (SSSR count). The van der Waals surface area contributed by atoms with E-state index in [4.69, 9.17) is 10.5 Å². The van der Waals surface area contributed by atoms with Gasteiger partial charge in [0.05, 0.1) is 7.11 Å². The molecule has 2 aromatic rings. The Morgan fingerprint density at radius 2 is 2.00 bits per heavy atom. The zero-order chi connectivity index (χ0) is 14.4. The second kappa shape index (κ2) is 6.56. The normalized spacial score (nSPS) is 11.2. The van der Waals surface area contributed by atoms with Gasteiger partial charge < -0.3 is 15.8 Å². The number of methoxy groups -OCH3 is 1. The molecule has 0 aliphatic carbocycles. The molecule has 5 heteroatoms. The van der Waals surface area contributed by atoms with Crippen LogP contribution in [0, 0.1) is 0 Å². The molecular weight excluding hydrogens is 252 g/mol. The number of hydrogen-bond acceptors (Lipinski definition) is 3. The lowest BCUT2D eigenvalue weighted by molar-refractivity contribution is 0.414. The van der Waals surface area contributed by atoms with Gasteiger partial charge >= 0.3 is 0 Å². The molecule has 0 aliphatic heterocycles. The minimum atomic E-state index is 0.346. The number of rotatable bonds is 4. The number of ether oxygens (including phenoxy) is 1. The molecule has 1 aromatic heterocycles. The Morgan fingerprint density at radius 1 is 1.25 bits per heavy atom. The predicted molar refractivity (Wildman–Crippen MR) is 81.2 cm³/mol. The molecule has 1 heterocycles. The highest BCUT2D eigenvalue weighted by atomic mass is 16.5. The minimum Gasteiger partial charge on any atom is -0.497 e. The van der Waals surface area contributed by atoms with Crippen LogP contribution in [0.3, 0.4) is 0 Å². The molecule has 3 N–H and O–H groups in total. The average Bonchev–Trinajstić information content (AvgIpc) is 2.48. The summed E-state index contributed by atoms with van der Waals surface area (Å²) in [5, 5.41) is 2.93. The summed E-state index contributed by atoms with van der Waals surface area (Å²) in [4.78, 5) is 8.34.